The lowest BCUT2D eigenvalue weighted by molar-refractivity contribution is 0.0674. The molecule has 0 saturated heterocycles. The number of hydrogen-bond donors (Lipinski definition) is 0. The van der Waals surface area contributed by atoms with Gasteiger partial charge in [0.25, 0.3) is 5.91 Å². The van der Waals surface area contributed by atoms with Crippen molar-refractivity contribution in [1.29, 1.82) is 0 Å². The predicted molar refractivity (Wildman–Crippen MR) is 125 cm³/mol. The van der Waals surface area contributed by atoms with Gasteiger partial charge in [0, 0.05) is 41.9 Å². The van der Waals surface area contributed by atoms with Crippen LogP contribution < -0.4 is 4.74 Å². The van der Waals surface area contributed by atoms with Gasteiger partial charge in [-0.05, 0) is 68.3 Å². The summed E-state index contributed by atoms with van der Waals surface area (Å²) in [6.45, 7) is 4.77. The Labute approximate surface area is 187 Å². The summed E-state index contributed by atoms with van der Waals surface area (Å²) in [7, 11) is 3.66. The van der Waals surface area contributed by atoms with Crippen molar-refractivity contribution >= 4 is 16.8 Å². The second-order valence-electron chi connectivity index (χ2n) is 8.36. The number of aromatic nitrogens is 3. The molecule has 1 aliphatic heterocycles. The van der Waals surface area contributed by atoms with E-state index in [1.165, 1.54) is 5.56 Å². The highest BCUT2D eigenvalue weighted by molar-refractivity contribution is 5.98. The highest BCUT2D eigenvalue weighted by Gasteiger charge is 2.33. The van der Waals surface area contributed by atoms with E-state index in [1.54, 1.807) is 13.3 Å². The predicted octanol–water partition coefficient (Wildman–Crippen LogP) is 4.71. The smallest absolute Gasteiger partial charge is 0.254 e. The third-order valence-electron chi connectivity index (χ3n) is 6.42. The molecule has 1 amide bonds. The van der Waals surface area contributed by atoms with Gasteiger partial charge in [-0.25, -0.2) is 0 Å². The molecule has 32 heavy (non-hydrogen) atoms. The molecule has 3 heterocycles. The summed E-state index contributed by atoms with van der Waals surface area (Å²) >= 11 is 0. The van der Waals surface area contributed by atoms with Crippen LogP contribution in [0.5, 0.6) is 5.75 Å². The van der Waals surface area contributed by atoms with Crippen molar-refractivity contribution in [1.82, 2.24) is 19.7 Å². The summed E-state index contributed by atoms with van der Waals surface area (Å²) in [4.78, 5) is 19.7. The molecule has 0 radical (unpaired) electrons. The molecule has 4 aromatic rings. The molecule has 5 rings (SSSR count). The Kier molecular flexibility index (Phi) is 4.93. The quantitative estimate of drug-likeness (QED) is 0.476. The van der Waals surface area contributed by atoms with Crippen LogP contribution in [0.15, 0.2) is 54.7 Å². The summed E-state index contributed by atoms with van der Waals surface area (Å²) in [6, 6.07) is 15.7. The van der Waals surface area contributed by atoms with E-state index in [2.05, 4.69) is 24.0 Å². The molecule has 0 unspecified atom stereocenters. The zero-order valence-electron chi connectivity index (χ0n) is 18.8. The third kappa shape index (κ3) is 3.23. The first-order chi connectivity index (χ1) is 15.5. The molecular weight excluding hydrogens is 400 g/mol. The van der Waals surface area contributed by atoms with Gasteiger partial charge in [0.1, 0.15) is 5.75 Å². The summed E-state index contributed by atoms with van der Waals surface area (Å²) in [5.74, 6) is 0.905. The topological polar surface area (TPSA) is 60.2 Å². The van der Waals surface area contributed by atoms with Crippen LogP contribution in [0.4, 0.5) is 0 Å². The fraction of sp³-hybridized carbons (Fsp3) is 0.269. The molecule has 0 fully saturated rings. The normalized spacial score (nSPS) is 15.6. The van der Waals surface area contributed by atoms with Crippen LogP contribution in [0, 0.1) is 6.92 Å². The maximum atomic E-state index is 13.4. The first-order valence-electron chi connectivity index (χ1n) is 10.8. The largest absolute Gasteiger partial charge is 0.496 e. The Hall–Kier alpha value is -3.67. The summed E-state index contributed by atoms with van der Waals surface area (Å²) in [6.07, 6.45) is 2.54. The summed E-state index contributed by atoms with van der Waals surface area (Å²) < 4.78 is 7.36. The Morgan fingerprint density at radius 3 is 2.78 bits per heavy atom. The van der Waals surface area contributed by atoms with Gasteiger partial charge in [-0.2, -0.15) is 5.10 Å². The number of nitrogens with zero attached hydrogens (tertiary/aromatic N) is 4. The fourth-order valence-electron chi connectivity index (χ4n) is 4.78. The number of methoxy groups -OCH3 is 1. The van der Waals surface area contributed by atoms with E-state index in [9.17, 15) is 4.79 Å². The molecule has 2 aromatic carbocycles. The van der Waals surface area contributed by atoms with Gasteiger partial charge in [-0.1, -0.05) is 6.07 Å². The van der Waals surface area contributed by atoms with Crippen LogP contribution in [-0.4, -0.2) is 39.2 Å². The molecule has 1 aliphatic rings. The molecule has 0 bridgehead atoms. The monoisotopic (exact) mass is 426 g/mol. The first kappa shape index (κ1) is 20.2. The van der Waals surface area contributed by atoms with Crippen LogP contribution in [0.2, 0.25) is 0 Å². The minimum Gasteiger partial charge on any atom is -0.496 e. The average Bonchev–Trinajstić information content (AvgIpc) is 3.15. The van der Waals surface area contributed by atoms with Crippen LogP contribution >= 0.6 is 0 Å². The number of carbonyl (C=O) groups excluding carboxylic acids is 1. The van der Waals surface area contributed by atoms with Gasteiger partial charge in [0.15, 0.2) is 0 Å². The third-order valence-corrected chi connectivity index (χ3v) is 6.42. The molecule has 0 saturated carbocycles. The Morgan fingerprint density at radius 1 is 1.16 bits per heavy atom. The highest BCUT2D eigenvalue weighted by atomic mass is 16.5. The van der Waals surface area contributed by atoms with Gasteiger partial charge in [-0.15, -0.1) is 0 Å². The Balaban J connectivity index is 1.48. The van der Waals surface area contributed by atoms with Crippen molar-refractivity contribution in [2.75, 3.05) is 13.7 Å². The van der Waals surface area contributed by atoms with Gasteiger partial charge >= 0.3 is 0 Å². The van der Waals surface area contributed by atoms with Crippen molar-refractivity contribution in [3.05, 3.63) is 77.1 Å². The number of rotatable bonds is 3. The first-order valence-corrected chi connectivity index (χ1v) is 10.8. The minimum absolute atomic E-state index is 0.0291. The second kappa shape index (κ2) is 7.79. The molecule has 2 aromatic heterocycles. The Bertz CT molecular complexity index is 1340. The van der Waals surface area contributed by atoms with Crippen molar-refractivity contribution < 1.29 is 9.53 Å². The molecule has 0 N–H and O–H groups in total. The lowest BCUT2D eigenvalue weighted by Crippen LogP contribution is -2.38. The van der Waals surface area contributed by atoms with E-state index in [0.717, 1.165) is 45.6 Å². The molecule has 1 atom stereocenters. The average molecular weight is 427 g/mol. The number of pyridine rings is 1. The van der Waals surface area contributed by atoms with E-state index in [4.69, 9.17) is 9.84 Å². The standard InChI is InChI=1S/C26H26N4O2/c1-16-14-19(8-10-23(16)32-4)25-21-11-13-30(17(2)24(21)28-29(25)3)26(31)20-7-9-22-18(15-20)6-5-12-27-22/h5-10,12,14-15,17H,11,13H2,1-4H3/t17-/m0/s1. The fourth-order valence-corrected chi connectivity index (χ4v) is 4.78. The van der Waals surface area contributed by atoms with E-state index in [1.807, 2.05) is 60.0 Å². The summed E-state index contributed by atoms with van der Waals surface area (Å²) in [5.41, 5.74) is 7.08. The minimum atomic E-state index is -0.102. The van der Waals surface area contributed by atoms with E-state index < -0.39 is 0 Å². The van der Waals surface area contributed by atoms with Crippen molar-refractivity contribution in [3.63, 3.8) is 0 Å². The number of aryl methyl sites for hydroxylation is 2. The highest BCUT2D eigenvalue weighted by Crippen LogP contribution is 2.37. The zero-order chi connectivity index (χ0) is 22.4. The number of fused-ring (bicyclic) bond motifs is 2. The van der Waals surface area contributed by atoms with E-state index >= 15 is 0 Å². The molecular formula is C26H26N4O2. The van der Waals surface area contributed by atoms with Crippen LogP contribution in [0.25, 0.3) is 22.2 Å². The second-order valence-corrected chi connectivity index (χ2v) is 8.36. The zero-order valence-corrected chi connectivity index (χ0v) is 18.8. The summed E-state index contributed by atoms with van der Waals surface area (Å²) in [5, 5.41) is 5.81. The molecule has 162 valence electrons. The number of ether oxygens (including phenoxy) is 1. The molecule has 6 heteroatoms. The molecule has 0 spiro atoms. The number of carbonyl (C=O) groups is 1. The lowest BCUT2D eigenvalue weighted by atomic mass is 9.94. The van der Waals surface area contributed by atoms with Crippen molar-refractivity contribution in [2.45, 2.75) is 26.3 Å². The Morgan fingerprint density at radius 2 is 2.00 bits per heavy atom. The molecule has 6 nitrogen and oxygen atoms in total. The van der Waals surface area contributed by atoms with Gasteiger partial charge < -0.3 is 9.64 Å². The van der Waals surface area contributed by atoms with Crippen LogP contribution in [-0.2, 0) is 13.5 Å². The van der Waals surface area contributed by atoms with Crippen molar-refractivity contribution in [3.8, 4) is 17.0 Å². The van der Waals surface area contributed by atoms with Crippen molar-refractivity contribution in [2.24, 2.45) is 7.05 Å². The maximum Gasteiger partial charge on any atom is 0.254 e. The SMILES string of the molecule is COc1ccc(-c2c3c(nn2C)[C@H](C)N(C(=O)c2ccc4ncccc4c2)CC3)cc1C. The lowest BCUT2D eigenvalue weighted by Gasteiger charge is -2.33. The van der Waals surface area contributed by atoms with E-state index in [-0.39, 0.29) is 11.9 Å². The number of benzene rings is 2. The van der Waals surface area contributed by atoms with Gasteiger partial charge in [0.05, 0.1) is 30.1 Å². The van der Waals surface area contributed by atoms with E-state index in [0.29, 0.717) is 12.1 Å². The number of hydrogen-bond acceptors (Lipinski definition) is 4. The van der Waals surface area contributed by atoms with Crippen LogP contribution in [0.3, 0.4) is 0 Å². The van der Waals surface area contributed by atoms with Crippen LogP contribution in [0.1, 0.15) is 40.1 Å². The van der Waals surface area contributed by atoms with Gasteiger partial charge in [0.2, 0.25) is 0 Å². The molecule has 0 aliphatic carbocycles. The number of amides is 1. The maximum absolute atomic E-state index is 13.4. The van der Waals surface area contributed by atoms with Gasteiger partial charge in [-0.3, -0.25) is 14.5 Å².